The summed E-state index contributed by atoms with van der Waals surface area (Å²) in [5, 5.41) is 9.93. The smallest absolute Gasteiger partial charge is 0.274 e. The summed E-state index contributed by atoms with van der Waals surface area (Å²) in [5.74, 6) is 0.194. The Balaban J connectivity index is 1.50. The highest BCUT2D eigenvalue weighted by molar-refractivity contribution is 5.97. The fourth-order valence-electron chi connectivity index (χ4n) is 3.78. The summed E-state index contributed by atoms with van der Waals surface area (Å²) < 4.78 is 5.30. The molecule has 0 atom stereocenters. The molecule has 0 saturated carbocycles. The molecule has 0 aliphatic carbocycles. The lowest BCUT2D eigenvalue weighted by atomic mass is 10.0. The van der Waals surface area contributed by atoms with Crippen molar-refractivity contribution in [2.75, 3.05) is 33.3 Å². The number of ether oxygens (including phenoxy) is 1. The molecular formula is C20H23N5O4. The largest absolute Gasteiger partial charge is 0.496 e. The van der Waals surface area contributed by atoms with Crippen LogP contribution >= 0.6 is 0 Å². The van der Waals surface area contributed by atoms with Gasteiger partial charge in [0.1, 0.15) is 5.75 Å². The Hall–Kier alpha value is -3.36. The number of carbonyl (C=O) groups excluding carboxylic acids is 3. The molecule has 9 heteroatoms. The second-order valence-corrected chi connectivity index (χ2v) is 7.10. The topological polar surface area (TPSA) is 108 Å². The van der Waals surface area contributed by atoms with Gasteiger partial charge in [-0.3, -0.25) is 19.5 Å². The van der Waals surface area contributed by atoms with Crippen LogP contribution in [0.15, 0.2) is 24.3 Å². The molecule has 2 aliphatic rings. The molecule has 0 bridgehead atoms. The molecule has 2 aromatic rings. The third-order valence-electron chi connectivity index (χ3n) is 5.36. The fraction of sp³-hybridized carbons (Fsp3) is 0.400. The molecule has 1 fully saturated rings. The van der Waals surface area contributed by atoms with Gasteiger partial charge in [0.2, 0.25) is 5.91 Å². The summed E-state index contributed by atoms with van der Waals surface area (Å²) in [7, 11) is 1.54. The Morgan fingerprint density at radius 1 is 1.07 bits per heavy atom. The molecule has 9 nitrogen and oxygen atoms in total. The summed E-state index contributed by atoms with van der Waals surface area (Å²) >= 11 is 0. The molecule has 1 aromatic carbocycles. The van der Waals surface area contributed by atoms with E-state index in [4.69, 9.17) is 4.74 Å². The Morgan fingerprint density at radius 2 is 1.86 bits per heavy atom. The molecule has 152 valence electrons. The number of fused-ring (bicyclic) bond motifs is 1. The van der Waals surface area contributed by atoms with Crippen molar-refractivity contribution in [3.8, 4) is 5.75 Å². The number of hydrogen-bond acceptors (Lipinski definition) is 5. The van der Waals surface area contributed by atoms with Gasteiger partial charge in [0, 0.05) is 38.2 Å². The maximum atomic E-state index is 12.9. The van der Waals surface area contributed by atoms with Gasteiger partial charge in [0.25, 0.3) is 11.8 Å². The first-order chi connectivity index (χ1) is 14.1. The van der Waals surface area contributed by atoms with Crippen molar-refractivity contribution >= 4 is 17.7 Å². The van der Waals surface area contributed by atoms with Crippen LogP contribution in [0, 0.1) is 0 Å². The molecular weight excluding hydrogens is 374 g/mol. The van der Waals surface area contributed by atoms with Crippen molar-refractivity contribution in [2.45, 2.75) is 19.4 Å². The van der Waals surface area contributed by atoms with E-state index in [0.29, 0.717) is 62.6 Å². The Bertz CT molecular complexity index is 954. The van der Waals surface area contributed by atoms with Crippen LogP contribution in [0.1, 0.15) is 38.5 Å². The number of hydrogen-bond donors (Lipinski definition) is 2. The molecule has 0 spiro atoms. The van der Waals surface area contributed by atoms with Crippen molar-refractivity contribution in [3.63, 3.8) is 0 Å². The van der Waals surface area contributed by atoms with Gasteiger partial charge in [-0.15, -0.1) is 0 Å². The second kappa shape index (κ2) is 7.94. The molecule has 4 rings (SSSR count). The van der Waals surface area contributed by atoms with Crippen molar-refractivity contribution in [3.05, 3.63) is 46.8 Å². The van der Waals surface area contributed by atoms with Crippen LogP contribution in [0.25, 0.3) is 0 Å². The SMILES string of the molecule is COc1ccccc1C(=O)N1CCc2c(C(=O)N3CCNC(=O)CC3)n[nH]c2C1. The van der Waals surface area contributed by atoms with Gasteiger partial charge < -0.3 is 19.9 Å². The number of nitrogens with zero attached hydrogens (tertiary/aromatic N) is 3. The van der Waals surface area contributed by atoms with E-state index in [1.165, 1.54) is 0 Å². The quantitative estimate of drug-likeness (QED) is 0.788. The van der Waals surface area contributed by atoms with Crippen LogP contribution < -0.4 is 10.1 Å². The number of H-pyrrole nitrogens is 1. The maximum Gasteiger partial charge on any atom is 0.274 e. The molecule has 1 saturated heterocycles. The average Bonchev–Trinajstić information content (AvgIpc) is 3.05. The van der Waals surface area contributed by atoms with Gasteiger partial charge in [-0.1, -0.05) is 12.1 Å². The zero-order valence-corrected chi connectivity index (χ0v) is 16.2. The standard InChI is InChI=1S/C20H23N5O4/c1-29-16-5-3-2-4-14(16)19(27)25-9-6-13-15(12-25)22-23-18(13)20(28)24-10-7-17(26)21-8-11-24/h2-5H,6-12H2,1H3,(H,21,26)(H,22,23). The highest BCUT2D eigenvalue weighted by atomic mass is 16.5. The number of carbonyl (C=O) groups is 3. The monoisotopic (exact) mass is 397 g/mol. The Morgan fingerprint density at radius 3 is 2.69 bits per heavy atom. The molecule has 0 unspecified atom stereocenters. The number of methoxy groups -OCH3 is 1. The van der Waals surface area contributed by atoms with Crippen molar-refractivity contribution in [2.24, 2.45) is 0 Å². The highest BCUT2D eigenvalue weighted by Gasteiger charge is 2.31. The van der Waals surface area contributed by atoms with E-state index in [2.05, 4.69) is 15.5 Å². The van der Waals surface area contributed by atoms with Crippen LogP contribution in [0.5, 0.6) is 5.75 Å². The van der Waals surface area contributed by atoms with E-state index < -0.39 is 0 Å². The van der Waals surface area contributed by atoms with E-state index in [-0.39, 0.29) is 17.7 Å². The molecule has 3 heterocycles. The number of amides is 3. The van der Waals surface area contributed by atoms with Gasteiger partial charge >= 0.3 is 0 Å². The van der Waals surface area contributed by atoms with Gasteiger partial charge in [-0.2, -0.15) is 5.10 Å². The van der Waals surface area contributed by atoms with Gasteiger partial charge in [-0.25, -0.2) is 0 Å². The van der Waals surface area contributed by atoms with Gasteiger partial charge in [0.05, 0.1) is 24.9 Å². The minimum Gasteiger partial charge on any atom is -0.496 e. The van der Waals surface area contributed by atoms with E-state index >= 15 is 0 Å². The minimum atomic E-state index is -0.177. The van der Waals surface area contributed by atoms with Crippen LogP contribution in [-0.2, 0) is 17.8 Å². The summed E-state index contributed by atoms with van der Waals surface area (Å²) in [4.78, 5) is 40.8. The fourth-order valence-corrected chi connectivity index (χ4v) is 3.78. The number of benzene rings is 1. The summed E-state index contributed by atoms with van der Waals surface area (Å²) in [6.45, 7) is 2.13. The lowest BCUT2D eigenvalue weighted by Crippen LogP contribution is -2.38. The second-order valence-electron chi connectivity index (χ2n) is 7.10. The maximum absolute atomic E-state index is 12.9. The normalized spacial score (nSPS) is 16.7. The zero-order chi connectivity index (χ0) is 20.4. The van der Waals surface area contributed by atoms with Crippen LogP contribution in [0.3, 0.4) is 0 Å². The van der Waals surface area contributed by atoms with E-state index in [1.807, 2.05) is 6.07 Å². The Kier molecular flexibility index (Phi) is 5.20. The number of aromatic nitrogens is 2. The number of aromatic amines is 1. The summed E-state index contributed by atoms with van der Waals surface area (Å²) in [6.07, 6.45) is 0.832. The van der Waals surface area contributed by atoms with Gasteiger partial charge in [-0.05, 0) is 18.6 Å². The third kappa shape index (κ3) is 3.67. The first-order valence-corrected chi connectivity index (χ1v) is 9.63. The van der Waals surface area contributed by atoms with Crippen molar-refractivity contribution in [1.29, 1.82) is 0 Å². The Labute approximate surface area is 168 Å². The van der Waals surface area contributed by atoms with E-state index in [0.717, 1.165) is 11.3 Å². The molecule has 2 aliphatic heterocycles. The first kappa shape index (κ1) is 19.0. The number of para-hydroxylation sites is 1. The van der Waals surface area contributed by atoms with Crippen LogP contribution in [0.2, 0.25) is 0 Å². The summed E-state index contributed by atoms with van der Waals surface area (Å²) in [5.41, 5.74) is 2.52. The van der Waals surface area contributed by atoms with E-state index in [9.17, 15) is 14.4 Å². The third-order valence-corrected chi connectivity index (χ3v) is 5.36. The molecule has 2 N–H and O–H groups in total. The van der Waals surface area contributed by atoms with E-state index in [1.54, 1.807) is 35.1 Å². The molecule has 3 amide bonds. The predicted molar refractivity (Wildman–Crippen MR) is 104 cm³/mol. The summed E-state index contributed by atoms with van der Waals surface area (Å²) in [6, 6.07) is 7.13. The van der Waals surface area contributed by atoms with Crippen molar-refractivity contribution in [1.82, 2.24) is 25.3 Å². The molecule has 0 radical (unpaired) electrons. The lowest BCUT2D eigenvalue weighted by molar-refractivity contribution is -0.120. The minimum absolute atomic E-state index is 0.0464. The number of nitrogens with one attached hydrogen (secondary N) is 2. The molecule has 29 heavy (non-hydrogen) atoms. The van der Waals surface area contributed by atoms with Gasteiger partial charge in [0.15, 0.2) is 5.69 Å². The molecule has 1 aromatic heterocycles. The highest BCUT2D eigenvalue weighted by Crippen LogP contribution is 2.25. The first-order valence-electron chi connectivity index (χ1n) is 9.63. The van der Waals surface area contributed by atoms with Crippen molar-refractivity contribution < 1.29 is 19.1 Å². The predicted octanol–water partition coefficient (Wildman–Crippen LogP) is 0.579. The number of rotatable bonds is 3. The van der Waals surface area contributed by atoms with Crippen LogP contribution in [-0.4, -0.2) is 71.0 Å². The van der Waals surface area contributed by atoms with Crippen LogP contribution in [0.4, 0.5) is 0 Å². The lowest BCUT2D eigenvalue weighted by Gasteiger charge is -2.28. The average molecular weight is 397 g/mol. The zero-order valence-electron chi connectivity index (χ0n) is 16.2.